The van der Waals surface area contributed by atoms with Crippen molar-refractivity contribution >= 4 is 45.1 Å². The highest BCUT2D eigenvalue weighted by Crippen LogP contribution is 2.48. The van der Waals surface area contributed by atoms with Gasteiger partial charge in [-0.15, -0.1) is 11.3 Å². The van der Waals surface area contributed by atoms with Crippen LogP contribution in [0.2, 0.25) is 0 Å². The Kier molecular flexibility index (Phi) is 10.5. The van der Waals surface area contributed by atoms with Gasteiger partial charge in [0.05, 0.1) is 5.41 Å². The van der Waals surface area contributed by atoms with Gasteiger partial charge in [-0.3, -0.25) is 19.3 Å². The molecule has 3 N–H and O–H groups in total. The number of nitrogens with one attached hydrogen (secondary N) is 2. The Labute approximate surface area is 279 Å². The Bertz CT molecular complexity index is 1570. The normalized spacial score (nSPS) is 19.4. The zero-order valence-electron chi connectivity index (χ0n) is 26.7. The molecule has 1 aromatic heterocycles. The molecule has 11 heteroatoms. The van der Waals surface area contributed by atoms with Crippen LogP contribution in [0.25, 0.3) is 10.1 Å². The zero-order chi connectivity index (χ0) is 32.8. The van der Waals surface area contributed by atoms with Crippen LogP contribution < -0.4 is 10.6 Å². The van der Waals surface area contributed by atoms with E-state index in [4.69, 9.17) is 4.74 Å². The van der Waals surface area contributed by atoms with Crippen LogP contribution in [0.5, 0.6) is 0 Å². The molecule has 47 heavy (non-hydrogen) atoms. The van der Waals surface area contributed by atoms with Crippen molar-refractivity contribution in [1.29, 1.82) is 0 Å². The predicted molar refractivity (Wildman–Crippen MR) is 181 cm³/mol. The molecular weight excluding hydrogens is 616 g/mol. The molecule has 2 saturated heterocycles. The van der Waals surface area contributed by atoms with Crippen molar-refractivity contribution in [2.75, 3.05) is 45.9 Å². The number of carboxylic acid groups (broad SMARTS) is 1. The van der Waals surface area contributed by atoms with Crippen molar-refractivity contribution < 1.29 is 29.0 Å². The Morgan fingerprint density at radius 3 is 2.32 bits per heavy atom. The van der Waals surface area contributed by atoms with Crippen LogP contribution in [-0.4, -0.2) is 96.6 Å². The molecule has 10 nitrogen and oxygen atoms in total. The lowest BCUT2D eigenvalue weighted by Gasteiger charge is -2.40. The third kappa shape index (κ3) is 7.37. The first-order valence-electron chi connectivity index (χ1n) is 16.8. The van der Waals surface area contributed by atoms with Gasteiger partial charge in [0.15, 0.2) is 0 Å². The minimum Gasteiger partial charge on any atom is -0.477 e. The second kappa shape index (κ2) is 15.0. The fourth-order valence-electron chi connectivity index (χ4n) is 7.56. The average molecular weight is 661 g/mol. The minimum atomic E-state index is -1.05. The Hall–Kier alpha value is -3.80. The van der Waals surface area contributed by atoms with Crippen LogP contribution in [-0.2, 0) is 31.0 Å². The first-order valence-corrected chi connectivity index (χ1v) is 17.6. The molecule has 1 atom stereocenters. The highest BCUT2D eigenvalue weighted by Gasteiger charge is 2.47. The molecule has 0 spiro atoms. The van der Waals surface area contributed by atoms with Gasteiger partial charge in [-0.25, -0.2) is 4.79 Å². The van der Waals surface area contributed by atoms with Gasteiger partial charge in [-0.2, -0.15) is 0 Å². The summed E-state index contributed by atoms with van der Waals surface area (Å²) in [6.45, 7) is 4.80. The lowest BCUT2D eigenvalue weighted by atomic mass is 9.76. The molecule has 3 heterocycles. The predicted octanol–water partition coefficient (Wildman–Crippen LogP) is 3.97. The van der Waals surface area contributed by atoms with Crippen molar-refractivity contribution in [2.45, 2.75) is 68.9 Å². The largest absolute Gasteiger partial charge is 0.477 e. The summed E-state index contributed by atoms with van der Waals surface area (Å²) in [4.78, 5) is 58.1. The van der Waals surface area contributed by atoms with Crippen LogP contribution in [0, 0.1) is 0 Å². The summed E-state index contributed by atoms with van der Waals surface area (Å²) in [7, 11) is 0. The number of fused-ring (bicyclic) bond motifs is 1. The van der Waals surface area contributed by atoms with E-state index in [1.807, 2.05) is 59.5 Å². The number of nitrogens with zero attached hydrogens (tertiary/aromatic N) is 2. The number of aromatic carboxylic acids is 1. The average Bonchev–Trinajstić information content (AvgIpc) is 3.75. The van der Waals surface area contributed by atoms with Gasteiger partial charge < -0.3 is 25.4 Å². The third-order valence-corrected chi connectivity index (χ3v) is 11.2. The third-order valence-electron chi connectivity index (χ3n) is 10.1. The minimum absolute atomic E-state index is 0.0102. The summed E-state index contributed by atoms with van der Waals surface area (Å²) >= 11 is 1.19. The first-order chi connectivity index (χ1) is 22.9. The van der Waals surface area contributed by atoms with Crippen molar-refractivity contribution in [3.63, 3.8) is 0 Å². The Morgan fingerprint density at radius 1 is 0.936 bits per heavy atom. The molecule has 0 bridgehead atoms. The molecule has 3 fully saturated rings. The number of amides is 3. The number of carboxylic acids is 1. The van der Waals surface area contributed by atoms with E-state index in [9.17, 15) is 24.3 Å². The number of hydrogen-bond donors (Lipinski definition) is 3. The lowest BCUT2D eigenvalue weighted by Crippen LogP contribution is -2.54. The molecule has 3 amide bonds. The monoisotopic (exact) mass is 660 g/mol. The summed E-state index contributed by atoms with van der Waals surface area (Å²) < 4.78 is 6.32. The fraction of sp³-hybridized carbons (Fsp3) is 0.500. The molecule has 2 aromatic carbocycles. The van der Waals surface area contributed by atoms with E-state index in [1.54, 1.807) is 0 Å². The van der Waals surface area contributed by atoms with Gasteiger partial charge in [0, 0.05) is 75.1 Å². The highest BCUT2D eigenvalue weighted by atomic mass is 32.1. The molecule has 1 aliphatic carbocycles. The second-order valence-electron chi connectivity index (χ2n) is 12.9. The van der Waals surface area contributed by atoms with Crippen molar-refractivity contribution in [3.05, 3.63) is 70.6 Å². The molecule has 2 aliphatic heterocycles. The molecule has 3 aliphatic rings. The molecular formula is C36H44N4O6S. The maximum atomic E-state index is 14.4. The van der Waals surface area contributed by atoms with Crippen LogP contribution in [0.15, 0.2) is 54.6 Å². The van der Waals surface area contributed by atoms with Gasteiger partial charge in [-0.1, -0.05) is 61.4 Å². The Morgan fingerprint density at radius 2 is 1.62 bits per heavy atom. The van der Waals surface area contributed by atoms with E-state index >= 15 is 0 Å². The quantitative estimate of drug-likeness (QED) is 0.284. The number of carbonyl (C=O) groups excluding carboxylic acids is 3. The second-order valence-corrected chi connectivity index (χ2v) is 14.0. The molecule has 250 valence electrons. The smallest absolute Gasteiger partial charge is 0.346 e. The standard InChI is InChI=1S/C36H44N4O6S/c41-30(40-20-18-39(19-21-40)26-13-22-46-23-14-26)12-17-37-33(42)28(24-25-8-2-1-3-9-25)38-35(45)36(15-6-7-16-36)31-27-10-4-5-11-29(27)47-32(31)34(43)44/h1-5,8-11,26,28H,6-7,12-24H2,(H,37,42)(H,38,45)(H,43,44)/t28-/m1/s1. The van der Waals surface area contributed by atoms with Crippen LogP contribution in [0.4, 0.5) is 0 Å². The molecule has 3 aromatic rings. The van der Waals surface area contributed by atoms with E-state index in [0.29, 0.717) is 37.5 Å². The summed E-state index contributed by atoms with van der Waals surface area (Å²) in [6.07, 6.45) is 5.12. The highest BCUT2D eigenvalue weighted by molar-refractivity contribution is 7.21. The molecule has 0 radical (unpaired) electrons. The fourth-order valence-corrected chi connectivity index (χ4v) is 8.70. The number of piperazine rings is 1. The number of ether oxygens (including phenoxy) is 1. The van der Waals surface area contributed by atoms with E-state index in [1.165, 1.54) is 11.3 Å². The maximum absolute atomic E-state index is 14.4. The number of rotatable bonds is 11. The van der Waals surface area contributed by atoms with Gasteiger partial charge in [0.1, 0.15) is 10.9 Å². The van der Waals surface area contributed by atoms with Crippen molar-refractivity contribution in [1.82, 2.24) is 20.4 Å². The van der Waals surface area contributed by atoms with E-state index < -0.39 is 17.4 Å². The van der Waals surface area contributed by atoms with E-state index in [0.717, 1.165) is 67.6 Å². The van der Waals surface area contributed by atoms with Crippen LogP contribution >= 0.6 is 11.3 Å². The summed E-state index contributed by atoms with van der Waals surface area (Å²) in [5.74, 6) is -1.72. The van der Waals surface area contributed by atoms with Crippen molar-refractivity contribution in [3.8, 4) is 0 Å². The maximum Gasteiger partial charge on any atom is 0.346 e. The summed E-state index contributed by atoms with van der Waals surface area (Å²) in [5.41, 5.74) is 0.395. The molecule has 1 saturated carbocycles. The van der Waals surface area contributed by atoms with Crippen LogP contribution in [0.1, 0.15) is 65.7 Å². The number of hydrogen-bond acceptors (Lipinski definition) is 7. The molecule has 6 rings (SSSR count). The Balaban J connectivity index is 1.13. The number of benzene rings is 2. The van der Waals surface area contributed by atoms with E-state index in [2.05, 4.69) is 15.5 Å². The topological polar surface area (TPSA) is 128 Å². The van der Waals surface area contributed by atoms with Gasteiger partial charge in [0.25, 0.3) is 0 Å². The van der Waals surface area contributed by atoms with Crippen molar-refractivity contribution in [2.24, 2.45) is 0 Å². The van der Waals surface area contributed by atoms with Gasteiger partial charge in [0.2, 0.25) is 17.7 Å². The first kappa shape index (κ1) is 33.1. The molecule has 0 unspecified atom stereocenters. The van der Waals surface area contributed by atoms with E-state index in [-0.39, 0.29) is 42.0 Å². The van der Waals surface area contributed by atoms with Gasteiger partial charge >= 0.3 is 5.97 Å². The lowest BCUT2D eigenvalue weighted by molar-refractivity contribution is -0.134. The summed E-state index contributed by atoms with van der Waals surface area (Å²) in [5, 5.41) is 16.9. The van der Waals surface area contributed by atoms with Gasteiger partial charge in [-0.05, 0) is 42.7 Å². The summed E-state index contributed by atoms with van der Waals surface area (Å²) in [6, 6.07) is 16.6. The number of carbonyl (C=O) groups is 4. The zero-order valence-corrected chi connectivity index (χ0v) is 27.6. The SMILES string of the molecule is O=C(O)c1sc2ccccc2c1C1(C(=O)N[C@H](Cc2ccccc2)C(=O)NCCC(=O)N2CCN(C3CCOCC3)CC2)CCCC1. The number of thiophene rings is 1. The van der Waals surface area contributed by atoms with Crippen LogP contribution in [0.3, 0.4) is 0 Å².